The van der Waals surface area contributed by atoms with Gasteiger partial charge in [-0.3, -0.25) is 10.1 Å². The van der Waals surface area contributed by atoms with E-state index in [2.05, 4.69) is 20.5 Å². The first kappa shape index (κ1) is 10.3. The van der Waals surface area contributed by atoms with Gasteiger partial charge in [-0.15, -0.1) is 0 Å². The molecule has 16 heavy (non-hydrogen) atoms. The van der Waals surface area contributed by atoms with E-state index in [1.54, 1.807) is 12.1 Å². The predicted molar refractivity (Wildman–Crippen MR) is 55.1 cm³/mol. The van der Waals surface area contributed by atoms with Gasteiger partial charge in [0, 0.05) is 0 Å². The smallest absolute Gasteiger partial charge is 0.231 e. The highest BCUT2D eigenvalue weighted by Gasteiger charge is 2.05. The summed E-state index contributed by atoms with van der Waals surface area (Å²) in [6, 6.07) is 5.76. The number of aromatic amines is 1. The number of hydrogen-bond donors (Lipinski definition) is 2. The molecule has 2 aromatic rings. The molecule has 0 spiro atoms. The fraction of sp³-hybridized carbons (Fsp3) is 0.100. The molecule has 0 saturated heterocycles. The van der Waals surface area contributed by atoms with E-state index in [9.17, 15) is 9.18 Å². The minimum Gasteiger partial charge on any atom is -0.295 e. The van der Waals surface area contributed by atoms with E-state index >= 15 is 0 Å². The first-order valence-electron chi connectivity index (χ1n) is 4.64. The third-order valence-corrected chi connectivity index (χ3v) is 1.95. The number of H-pyrrole nitrogens is 1. The number of aromatic nitrogens is 3. The third kappa shape index (κ3) is 2.63. The number of benzene rings is 1. The second-order valence-electron chi connectivity index (χ2n) is 3.19. The Kier molecular flexibility index (Phi) is 2.90. The van der Waals surface area contributed by atoms with Crippen LogP contribution in [0.4, 0.5) is 10.3 Å². The van der Waals surface area contributed by atoms with Crippen LogP contribution in [0.3, 0.4) is 0 Å². The van der Waals surface area contributed by atoms with E-state index < -0.39 is 0 Å². The predicted octanol–water partition coefficient (Wildman–Crippen LogP) is 1.12. The van der Waals surface area contributed by atoms with Crippen LogP contribution in [0, 0.1) is 5.82 Å². The SMILES string of the molecule is O=C(Cc1ccc(F)cc1)Nc1ncn[nH]1. The lowest BCUT2D eigenvalue weighted by atomic mass is 10.1. The molecular formula is C10H9FN4O. The second kappa shape index (κ2) is 4.52. The second-order valence-corrected chi connectivity index (χ2v) is 3.19. The zero-order valence-electron chi connectivity index (χ0n) is 8.27. The van der Waals surface area contributed by atoms with Crippen molar-refractivity contribution in [3.05, 3.63) is 42.0 Å². The lowest BCUT2D eigenvalue weighted by molar-refractivity contribution is -0.115. The molecule has 1 aromatic carbocycles. The van der Waals surface area contributed by atoms with Crippen molar-refractivity contribution in [3.63, 3.8) is 0 Å². The summed E-state index contributed by atoms with van der Waals surface area (Å²) in [7, 11) is 0. The number of halogens is 1. The van der Waals surface area contributed by atoms with E-state index in [4.69, 9.17) is 0 Å². The van der Waals surface area contributed by atoms with Crippen molar-refractivity contribution in [1.82, 2.24) is 15.2 Å². The molecule has 0 aliphatic rings. The van der Waals surface area contributed by atoms with Crippen LogP contribution in [0.15, 0.2) is 30.6 Å². The zero-order chi connectivity index (χ0) is 11.4. The highest BCUT2D eigenvalue weighted by Crippen LogP contribution is 2.04. The minimum atomic E-state index is -0.320. The number of rotatable bonds is 3. The molecule has 1 aromatic heterocycles. The monoisotopic (exact) mass is 220 g/mol. The largest absolute Gasteiger partial charge is 0.295 e. The Morgan fingerprint density at radius 2 is 2.12 bits per heavy atom. The number of nitrogens with zero attached hydrogens (tertiary/aromatic N) is 2. The van der Waals surface area contributed by atoms with Crippen molar-refractivity contribution in [2.75, 3.05) is 5.32 Å². The van der Waals surface area contributed by atoms with Crippen LogP contribution in [0.5, 0.6) is 0 Å². The number of carbonyl (C=O) groups excluding carboxylic acids is 1. The fourth-order valence-electron chi connectivity index (χ4n) is 1.23. The van der Waals surface area contributed by atoms with E-state index in [0.29, 0.717) is 5.95 Å². The molecule has 0 unspecified atom stereocenters. The van der Waals surface area contributed by atoms with E-state index in [1.165, 1.54) is 18.5 Å². The van der Waals surface area contributed by atoms with E-state index in [-0.39, 0.29) is 18.1 Å². The van der Waals surface area contributed by atoms with Gasteiger partial charge in [-0.2, -0.15) is 10.1 Å². The Balaban J connectivity index is 1.95. The van der Waals surface area contributed by atoms with Gasteiger partial charge in [-0.1, -0.05) is 12.1 Å². The third-order valence-electron chi connectivity index (χ3n) is 1.95. The van der Waals surface area contributed by atoms with Gasteiger partial charge in [0.05, 0.1) is 6.42 Å². The summed E-state index contributed by atoms with van der Waals surface area (Å²) in [5.41, 5.74) is 0.735. The summed E-state index contributed by atoms with van der Waals surface area (Å²) in [6.07, 6.45) is 1.47. The van der Waals surface area contributed by atoms with Crippen molar-refractivity contribution in [2.45, 2.75) is 6.42 Å². The highest BCUT2D eigenvalue weighted by molar-refractivity contribution is 5.90. The van der Waals surface area contributed by atoms with Crippen LogP contribution in [-0.2, 0) is 11.2 Å². The molecule has 1 heterocycles. The Labute approximate surface area is 90.7 Å². The highest BCUT2D eigenvalue weighted by atomic mass is 19.1. The zero-order valence-corrected chi connectivity index (χ0v) is 8.27. The molecule has 2 N–H and O–H groups in total. The maximum absolute atomic E-state index is 12.6. The van der Waals surface area contributed by atoms with Gasteiger partial charge >= 0.3 is 0 Å². The molecule has 0 aliphatic heterocycles. The van der Waals surface area contributed by atoms with Crippen LogP contribution in [-0.4, -0.2) is 21.1 Å². The maximum atomic E-state index is 12.6. The maximum Gasteiger partial charge on any atom is 0.231 e. The average Bonchev–Trinajstić information content (AvgIpc) is 2.74. The Hall–Kier alpha value is -2.24. The molecule has 5 nitrogen and oxygen atoms in total. The molecule has 0 atom stereocenters. The van der Waals surface area contributed by atoms with Crippen LogP contribution in [0.2, 0.25) is 0 Å². The molecule has 0 radical (unpaired) electrons. The van der Waals surface area contributed by atoms with Gasteiger partial charge in [-0.25, -0.2) is 9.49 Å². The normalized spacial score (nSPS) is 10.1. The van der Waals surface area contributed by atoms with E-state index in [0.717, 1.165) is 5.56 Å². The Morgan fingerprint density at radius 1 is 1.38 bits per heavy atom. The summed E-state index contributed by atoms with van der Waals surface area (Å²) in [6.45, 7) is 0. The van der Waals surface area contributed by atoms with Gasteiger partial charge < -0.3 is 0 Å². The molecule has 0 fully saturated rings. The van der Waals surface area contributed by atoms with Gasteiger partial charge in [0.1, 0.15) is 12.1 Å². The van der Waals surface area contributed by atoms with Gasteiger partial charge in [0.2, 0.25) is 11.9 Å². The standard InChI is InChI=1S/C10H9FN4O/c11-8-3-1-7(2-4-8)5-9(16)14-10-12-6-13-15-10/h1-4,6H,5H2,(H2,12,13,14,15,16). The topological polar surface area (TPSA) is 70.7 Å². The fourth-order valence-corrected chi connectivity index (χ4v) is 1.23. The van der Waals surface area contributed by atoms with Crippen LogP contribution in [0.25, 0.3) is 0 Å². The van der Waals surface area contributed by atoms with Crippen molar-refractivity contribution < 1.29 is 9.18 Å². The van der Waals surface area contributed by atoms with Crippen molar-refractivity contribution in [3.8, 4) is 0 Å². The van der Waals surface area contributed by atoms with Crippen LogP contribution < -0.4 is 5.32 Å². The molecule has 0 saturated carbocycles. The number of anilines is 1. The van der Waals surface area contributed by atoms with Crippen molar-refractivity contribution in [2.24, 2.45) is 0 Å². The average molecular weight is 220 g/mol. The summed E-state index contributed by atoms with van der Waals surface area (Å²) in [5.74, 6) is -0.255. The first-order chi connectivity index (χ1) is 7.74. The number of nitrogens with one attached hydrogen (secondary N) is 2. The minimum absolute atomic E-state index is 0.168. The summed E-state index contributed by atoms with van der Waals surface area (Å²) in [5, 5.41) is 8.63. The summed E-state index contributed by atoms with van der Waals surface area (Å²) >= 11 is 0. The Bertz CT molecular complexity index is 466. The lowest BCUT2D eigenvalue weighted by Crippen LogP contribution is -2.15. The number of hydrogen-bond acceptors (Lipinski definition) is 3. The quantitative estimate of drug-likeness (QED) is 0.814. The van der Waals surface area contributed by atoms with Crippen molar-refractivity contribution >= 4 is 11.9 Å². The van der Waals surface area contributed by atoms with E-state index in [1.807, 2.05) is 0 Å². The lowest BCUT2D eigenvalue weighted by Gasteiger charge is -2.01. The van der Waals surface area contributed by atoms with Gasteiger partial charge in [-0.05, 0) is 17.7 Å². The van der Waals surface area contributed by atoms with Crippen LogP contribution >= 0.6 is 0 Å². The molecule has 82 valence electrons. The molecule has 1 amide bonds. The summed E-state index contributed by atoms with van der Waals surface area (Å²) < 4.78 is 12.6. The summed E-state index contributed by atoms with van der Waals surface area (Å²) in [4.78, 5) is 15.2. The molecule has 6 heteroatoms. The van der Waals surface area contributed by atoms with Crippen LogP contribution in [0.1, 0.15) is 5.56 Å². The number of amides is 1. The number of carbonyl (C=O) groups is 1. The van der Waals surface area contributed by atoms with Gasteiger partial charge in [0.25, 0.3) is 0 Å². The molecule has 0 bridgehead atoms. The first-order valence-corrected chi connectivity index (χ1v) is 4.64. The molecule has 0 aliphatic carbocycles. The molecule has 2 rings (SSSR count). The Morgan fingerprint density at radius 3 is 2.75 bits per heavy atom. The molecular weight excluding hydrogens is 211 g/mol. The van der Waals surface area contributed by atoms with Crippen molar-refractivity contribution in [1.29, 1.82) is 0 Å². The van der Waals surface area contributed by atoms with Gasteiger partial charge in [0.15, 0.2) is 0 Å².